The zero-order valence-corrected chi connectivity index (χ0v) is 13.2. The largest absolute Gasteiger partial charge is 0.481 e. The van der Waals surface area contributed by atoms with Gasteiger partial charge in [-0.05, 0) is 39.0 Å². The molecule has 0 aliphatic carbocycles. The highest BCUT2D eigenvalue weighted by molar-refractivity contribution is 7.15. The zero-order valence-electron chi connectivity index (χ0n) is 12.4. The van der Waals surface area contributed by atoms with Gasteiger partial charge in [0.15, 0.2) is 5.13 Å². The molecule has 21 heavy (non-hydrogen) atoms. The SMILES string of the molecule is Cc1nc(NC(=O)N2CCCC(CCC(=O)O)C2)sc1C. The number of carboxylic acids is 1. The summed E-state index contributed by atoms with van der Waals surface area (Å²) < 4.78 is 0. The van der Waals surface area contributed by atoms with Gasteiger partial charge in [-0.2, -0.15) is 0 Å². The molecular weight excluding hydrogens is 290 g/mol. The van der Waals surface area contributed by atoms with Gasteiger partial charge >= 0.3 is 12.0 Å². The van der Waals surface area contributed by atoms with Gasteiger partial charge in [-0.15, -0.1) is 11.3 Å². The number of aryl methyl sites for hydroxylation is 2. The number of amides is 2. The Labute approximate surface area is 128 Å². The number of likely N-dealkylation sites (tertiary alicyclic amines) is 1. The van der Waals surface area contributed by atoms with Crippen molar-refractivity contribution in [3.63, 3.8) is 0 Å². The van der Waals surface area contributed by atoms with Crippen molar-refractivity contribution in [1.82, 2.24) is 9.88 Å². The lowest BCUT2D eigenvalue weighted by molar-refractivity contribution is -0.137. The van der Waals surface area contributed by atoms with E-state index in [1.54, 1.807) is 4.90 Å². The molecule has 6 nitrogen and oxygen atoms in total. The summed E-state index contributed by atoms with van der Waals surface area (Å²) in [6.07, 6.45) is 2.72. The van der Waals surface area contributed by atoms with E-state index in [2.05, 4.69) is 10.3 Å². The molecule has 1 unspecified atom stereocenters. The van der Waals surface area contributed by atoms with E-state index in [-0.39, 0.29) is 18.4 Å². The van der Waals surface area contributed by atoms with E-state index in [1.807, 2.05) is 13.8 Å². The first-order chi connectivity index (χ1) is 9.95. The van der Waals surface area contributed by atoms with Gasteiger partial charge in [-0.1, -0.05) is 0 Å². The van der Waals surface area contributed by atoms with Crippen LogP contribution in [0.4, 0.5) is 9.93 Å². The van der Waals surface area contributed by atoms with Crippen molar-refractivity contribution >= 4 is 28.5 Å². The molecule has 7 heteroatoms. The van der Waals surface area contributed by atoms with Crippen LogP contribution in [0.1, 0.15) is 36.3 Å². The first-order valence-corrected chi connectivity index (χ1v) is 7.99. The van der Waals surface area contributed by atoms with Crippen LogP contribution < -0.4 is 5.32 Å². The number of thiazole rings is 1. The number of anilines is 1. The molecule has 0 bridgehead atoms. The Hall–Kier alpha value is -1.63. The first-order valence-electron chi connectivity index (χ1n) is 7.17. The average molecular weight is 311 g/mol. The van der Waals surface area contributed by atoms with E-state index in [4.69, 9.17) is 5.11 Å². The highest BCUT2D eigenvalue weighted by Gasteiger charge is 2.24. The van der Waals surface area contributed by atoms with E-state index in [0.717, 1.165) is 30.0 Å². The van der Waals surface area contributed by atoms with Gasteiger partial charge in [0.25, 0.3) is 0 Å². The Balaban J connectivity index is 1.88. The van der Waals surface area contributed by atoms with Crippen LogP contribution in [-0.2, 0) is 4.79 Å². The van der Waals surface area contributed by atoms with Crippen LogP contribution in [0.15, 0.2) is 0 Å². The second-order valence-electron chi connectivity index (χ2n) is 5.48. The Morgan fingerprint density at radius 3 is 2.86 bits per heavy atom. The Morgan fingerprint density at radius 2 is 2.24 bits per heavy atom. The summed E-state index contributed by atoms with van der Waals surface area (Å²) in [6.45, 7) is 5.25. The van der Waals surface area contributed by atoms with Crippen LogP contribution in [0.25, 0.3) is 0 Å². The van der Waals surface area contributed by atoms with Gasteiger partial charge in [0.2, 0.25) is 0 Å². The third-order valence-electron chi connectivity index (χ3n) is 3.82. The van der Waals surface area contributed by atoms with Gasteiger partial charge in [-0.25, -0.2) is 9.78 Å². The summed E-state index contributed by atoms with van der Waals surface area (Å²) in [7, 11) is 0. The molecule has 2 amide bonds. The average Bonchev–Trinajstić information content (AvgIpc) is 2.75. The van der Waals surface area contributed by atoms with E-state index in [9.17, 15) is 9.59 Å². The predicted octanol–water partition coefficient (Wildman–Crippen LogP) is 2.87. The van der Waals surface area contributed by atoms with Gasteiger partial charge in [0.05, 0.1) is 5.69 Å². The molecule has 0 aromatic carbocycles. The molecule has 2 rings (SSSR count). The minimum absolute atomic E-state index is 0.135. The number of carbonyl (C=O) groups is 2. The summed E-state index contributed by atoms with van der Waals surface area (Å²) >= 11 is 1.47. The number of aliphatic carboxylic acids is 1. The molecule has 0 spiro atoms. The van der Waals surface area contributed by atoms with Crippen LogP contribution in [0.2, 0.25) is 0 Å². The highest BCUT2D eigenvalue weighted by atomic mass is 32.1. The van der Waals surface area contributed by atoms with Gasteiger partial charge < -0.3 is 10.0 Å². The third-order valence-corrected chi connectivity index (χ3v) is 4.80. The van der Waals surface area contributed by atoms with E-state index in [1.165, 1.54) is 11.3 Å². The van der Waals surface area contributed by atoms with Gasteiger partial charge in [0, 0.05) is 24.4 Å². The van der Waals surface area contributed by atoms with Crippen molar-refractivity contribution in [1.29, 1.82) is 0 Å². The normalized spacial score (nSPS) is 18.6. The second kappa shape index (κ2) is 6.89. The van der Waals surface area contributed by atoms with E-state index >= 15 is 0 Å². The molecule has 1 atom stereocenters. The number of hydrogen-bond donors (Lipinski definition) is 2. The van der Waals surface area contributed by atoms with Crippen LogP contribution in [-0.4, -0.2) is 40.1 Å². The minimum atomic E-state index is -0.773. The molecule has 1 aromatic heterocycles. The van der Waals surface area contributed by atoms with Crippen molar-refractivity contribution in [2.75, 3.05) is 18.4 Å². The maximum Gasteiger partial charge on any atom is 0.323 e. The van der Waals surface area contributed by atoms with Crippen LogP contribution in [0.3, 0.4) is 0 Å². The van der Waals surface area contributed by atoms with Crippen molar-refractivity contribution < 1.29 is 14.7 Å². The third kappa shape index (κ3) is 4.42. The monoisotopic (exact) mass is 311 g/mol. The first kappa shape index (κ1) is 15.8. The lowest BCUT2D eigenvalue weighted by Crippen LogP contribution is -2.42. The van der Waals surface area contributed by atoms with Crippen LogP contribution >= 0.6 is 11.3 Å². The maximum absolute atomic E-state index is 12.2. The number of aromatic nitrogens is 1. The zero-order chi connectivity index (χ0) is 15.4. The molecule has 1 aliphatic rings. The number of nitrogens with one attached hydrogen (secondary N) is 1. The molecule has 1 aromatic rings. The molecule has 0 radical (unpaired) electrons. The fourth-order valence-electron chi connectivity index (χ4n) is 2.51. The minimum Gasteiger partial charge on any atom is -0.481 e. The van der Waals surface area contributed by atoms with Gasteiger partial charge in [-0.3, -0.25) is 10.1 Å². The highest BCUT2D eigenvalue weighted by Crippen LogP contribution is 2.24. The van der Waals surface area contributed by atoms with Crippen LogP contribution in [0, 0.1) is 19.8 Å². The summed E-state index contributed by atoms with van der Waals surface area (Å²) in [5.74, 6) is -0.495. The summed E-state index contributed by atoms with van der Waals surface area (Å²) in [6, 6.07) is -0.135. The van der Waals surface area contributed by atoms with Crippen molar-refractivity contribution in [2.45, 2.75) is 39.5 Å². The smallest absolute Gasteiger partial charge is 0.323 e. The lowest BCUT2D eigenvalue weighted by atomic mass is 9.93. The van der Waals surface area contributed by atoms with E-state index < -0.39 is 5.97 Å². The molecule has 2 heterocycles. The van der Waals surface area contributed by atoms with E-state index in [0.29, 0.717) is 18.1 Å². The van der Waals surface area contributed by atoms with Gasteiger partial charge in [0.1, 0.15) is 0 Å². The van der Waals surface area contributed by atoms with Crippen molar-refractivity contribution in [2.24, 2.45) is 5.92 Å². The number of rotatable bonds is 4. The molecular formula is C14H21N3O3S. The number of urea groups is 1. The Kier molecular flexibility index (Phi) is 5.17. The fraction of sp³-hybridized carbons (Fsp3) is 0.643. The molecule has 0 saturated carbocycles. The Bertz CT molecular complexity index is 510. The number of carbonyl (C=O) groups excluding carboxylic acids is 1. The molecule has 1 aliphatic heterocycles. The van der Waals surface area contributed by atoms with Crippen molar-refractivity contribution in [3.8, 4) is 0 Å². The second-order valence-corrected chi connectivity index (χ2v) is 6.68. The topological polar surface area (TPSA) is 82.5 Å². The summed E-state index contributed by atoms with van der Waals surface area (Å²) in [4.78, 5) is 30.0. The standard InChI is InChI=1S/C14H21N3O3S/c1-9-10(2)21-13(15-9)16-14(20)17-7-3-4-11(8-17)5-6-12(18)19/h11H,3-8H2,1-2H3,(H,18,19)(H,15,16,20). The number of piperidine rings is 1. The fourth-order valence-corrected chi connectivity index (χ4v) is 3.31. The molecule has 116 valence electrons. The number of carboxylic acid groups (broad SMARTS) is 1. The maximum atomic E-state index is 12.2. The predicted molar refractivity (Wildman–Crippen MR) is 81.8 cm³/mol. The quantitative estimate of drug-likeness (QED) is 0.895. The summed E-state index contributed by atoms with van der Waals surface area (Å²) in [5, 5.41) is 12.2. The molecule has 1 saturated heterocycles. The number of nitrogens with zero attached hydrogens (tertiary/aromatic N) is 2. The molecule has 1 fully saturated rings. The lowest BCUT2D eigenvalue weighted by Gasteiger charge is -2.32. The van der Waals surface area contributed by atoms with Crippen LogP contribution in [0.5, 0.6) is 0 Å². The number of hydrogen-bond acceptors (Lipinski definition) is 4. The molecule has 2 N–H and O–H groups in total. The van der Waals surface area contributed by atoms with Crippen molar-refractivity contribution in [3.05, 3.63) is 10.6 Å². The Morgan fingerprint density at radius 1 is 1.48 bits per heavy atom. The summed E-state index contributed by atoms with van der Waals surface area (Å²) in [5.41, 5.74) is 0.938.